The molecule has 0 bridgehead atoms. The molecule has 2 aromatic rings. The second-order valence-corrected chi connectivity index (χ2v) is 15.2. The topological polar surface area (TPSA) is 119 Å². The molecule has 12 heteroatoms. The molecular weight excluding hydrogens is 675 g/mol. The van der Waals surface area contributed by atoms with E-state index in [1.165, 1.54) is 16.9 Å². The Bertz CT molecular complexity index is 1730. The van der Waals surface area contributed by atoms with Crippen LogP contribution in [0.4, 0.5) is 5.69 Å². The molecule has 0 radical (unpaired) electrons. The molecule has 3 N–H and O–H groups in total. The van der Waals surface area contributed by atoms with Gasteiger partial charge in [-0.15, -0.1) is 11.3 Å². The van der Waals surface area contributed by atoms with E-state index in [2.05, 4.69) is 37.7 Å². The summed E-state index contributed by atoms with van der Waals surface area (Å²) in [6, 6.07) is 8.88. The Morgan fingerprint density at radius 3 is 2.50 bits per heavy atom. The van der Waals surface area contributed by atoms with E-state index in [9.17, 15) is 14.4 Å². The number of aryl methyl sites for hydroxylation is 2. The largest absolute Gasteiger partial charge is 0.384 e. The summed E-state index contributed by atoms with van der Waals surface area (Å²) in [6.07, 6.45) is 9.38. The summed E-state index contributed by atoms with van der Waals surface area (Å²) in [7, 11) is 1.66. The second-order valence-electron chi connectivity index (χ2n) is 14.0. The monoisotopic (exact) mass is 727 g/mol. The summed E-state index contributed by atoms with van der Waals surface area (Å²) in [6.45, 7) is 13.1. The van der Waals surface area contributed by atoms with Crippen LogP contribution in [0.5, 0.6) is 0 Å². The van der Waals surface area contributed by atoms with Crippen molar-refractivity contribution in [2.75, 3.05) is 71.5 Å². The van der Waals surface area contributed by atoms with Crippen molar-refractivity contribution in [3.8, 4) is 0 Å². The highest BCUT2D eigenvalue weighted by atomic mass is 32.1. The minimum Gasteiger partial charge on any atom is -0.384 e. The molecule has 52 heavy (non-hydrogen) atoms. The molecule has 1 saturated heterocycles. The number of carbonyl (C=O) groups is 3. The highest BCUT2D eigenvalue weighted by Crippen LogP contribution is 2.35. The molecule has 4 aliphatic rings. The van der Waals surface area contributed by atoms with Crippen LogP contribution in [-0.2, 0) is 33.6 Å². The van der Waals surface area contributed by atoms with Gasteiger partial charge in [0.15, 0.2) is 5.78 Å². The number of thiophene rings is 1. The Balaban J connectivity index is 1.19. The number of benzene rings is 1. The lowest BCUT2D eigenvalue weighted by Crippen LogP contribution is -2.51. The first kappa shape index (κ1) is 37.7. The van der Waals surface area contributed by atoms with Gasteiger partial charge in [0.1, 0.15) is 6.04 Å². The van der Waals surface area contributed by atoms with Crippen LogP contribution in [0, 0.1) is 0 Å². The van der Waals surface area contributed by atoms with Gasteiger partial charge >= 0.3 is 0 Å². The van der Waals surface area contributed by atoms with Crippen LogP contribution in [0.3, 0.4) is 0 Å². The van der Waals surface area contributed by atoms with Crippen LogP contribution in [0.1, 0.15) is 65.7 Å². The van der Waals surface area contributed by atoms with Gasteiger partial charge in [-0.05, 0) is 81.0 Å². The third kappa shape index (κ3) is 8.91. The average molecular weight is 728 g/mol. The quantitative estimate of drug-likeness (QED) is 0.258. The summed E-state index contributed by atoms with van der Waals surface area (Å²) in [5.74, 6) is -0.285. The normalized spacial score (nSPS) is 19.9. The number of nitrogens with zero attached hydrogens (tertiary/aromatic N) is 4. The van der Waals surface area contributed by atoms with Gasteiger partial charge in [-0.3, -0.25) is 24.3 Å². The molecular formula is C40H53N7O4S. The van der Waals surface area contributed by atoms with E-state index in [-0.39, 0.29) is 24.0 Å². The zero-order valence-corrected chi connectivity index (χ0v) is 31.9. The smallest absolute Gasteiger partial charge is 0.265 e. The molecule has 6 rings (SSSR count). The van der Waals surface area contributed by atoms with Crippen LogP contribution >= 0.6 is 11.3 Å². The molecule has 1 atom stereocenters. The predicted octanol–water partition coefficient (Wildman–Crippen LogP) is 4.53. The minimum absolute atomic E-state index is 0.0510. The number of methoxy groups -OCH3 is 1. The fourth-order valence-corrected chi connectivity index (χ4v) is 8.57. The first-order chi connectivity index (χ1) is 25.2. The minimum atomic E-state index is -0.809. The highest BCUT2D eigenvalue weighted by Gasteiger charge is 2.36. The van der Waals surface area contributed by atoms with Gasteiger partial charge in [-0.1, -0.05) is 25.5 Å². The van der Waals surface area contributed by atoms with Crippen LogP contribution in [0.2, 0.25) is 0 Å². The Labute approximate surface area is 311 Å². The summed E-state index contributed by atoms with van der Waals surface area (Å²) in [5, 5.41) is 9.79. The van der Waals surface area contributed by atoms with Crippen LogP contribution < -0.4 is 16.0 Å². The fraction of sp³-hybridized carbons (Fsp3) is 0.500. The van der Waals surface area contributed by atoms with E-state index in [0.29, 0.717) is 48.2 Å². The molecule has 3 heterocycles. The summed E-state index contributed by atoms with van der Waals surface area (Å²) in [5.41, 5.74) is 6.16. The third-order valence-electron chi connectivity index (χ3n) is 10.5. The number of aliphatic imine (C=N–C) groups is 1. The molecule has 2 aliphatic heterocycles. The number of fused-ring (bicyclic) bond motifs is 1. The van der Waals surface area contributed by atoms with E-state index in [1.807, 2.05) is 55.3 Å². The fourth-order valence-electron chi connectivity index (χ4n) is 7.42. The van der Waals surface area contributed by atoms with E-state index >= 15 is 0 Å². The number of ether oxygens (including phenoxy) is 1. The van der Waals surface area contributed by atoms with Crippen molar-refractivity contribution in [2.24, 2.45) is 4.99 Å². The lowest BCUT2D eigenvalue weighted by molar-refractivity contribution is -0.133. The number of ketones is 1. The Morgan fingerprint density at radius 2 is 1.79 bits per heavy atom. The number of likely N-dealkylation sites (N-methyl/N-ethyl adjacent to an activating group) is 1. The molecule has 2 aliphatic carbocycles. The van der Waals surface area contributed by atoms with Crippen molar-refractivity contribution < 1.29 is 19.1 Å². The van der Waals surface area contributed by atoms with E-state index in [0.717, 1.165) is 80.8 Å². The molecule has 1 aromatic carbocycles. The molecule has 2 amide bonds. The molecule has 1 fully saturated rings. The van der Waals surface area contributed by atoms with Crippen LogP contribution in [0.15, 0.2) is 69.6 Å². The number of allylic oxidation sites excluding steroid dienone is 1. The lowest BCUT2D eigenvalue weighted by Gasteiger charge is -2.37. The van der Waals surface area contributed by atoms with Crippen molar-refractivity contribution >= 4 is 40.8 Å². The number of hydrogen-bond acceptors (Lipinski definition) is 10. The number of piperazine rings is 1. The summed E-state index contributed by atoms with van der Waals surface area (Å²) < 4.78 is 5.33. The van der Waals surface area contributed by atoms with Crippen molar-refractivity contribution in [3.63, 3.8) is 0 Å². The van der Waals surface area contributed by atoms with E-state index in [4.69, 9.17) is 4.74 Å². The third-order valence-corrected chi connectivity index (χ3v) is 11.8. The Kier molecular flexibility index (Phi) is 12.8. The van der Waals surface area contributed by atoms with E-state index < -0.39 is 6.04 Å². The number of nitrogens with one attached hydrogen (secondary N) is 3. The molecule has 11 nitrogen and oxygen atoms in total. The average Bonchev–Trinajstić information content (AvgIpc) is 3.45. The van der Waals surface area contributed by atoms with Crippen molar-refractivity contribution in [3.05, 3.63) is 85.5 Å². The molecule has 1 aromatic heterocycles. The van der Waals surface area contributed by atoms with Gasteiger partial charge in [0.25, 0.3) is 5.91 Å². The van der Waals surface area contributed by atoms with Gasteiger partial charge < -0.3 is 30.5 Å². The number of amides is 2. The molecule has 0 saturated carbocycles. The molecule has 278 valence electrons. The number of anilines is 1. The SMILES string of the molecule is CCN1CCN(CN(CCOC)C(=O)Cc2ccc(NC3C(=O)C(C)=C(C4=CNCC=N4)C(C)=C3NC(=O)c3cc4c(s3)CCCCC4)cc2)CC1. The van der Waals surface area contributed by atoms with Gasteiger partial charge in [0, 0.05) is 80.5 Å². The first-order valence-corrected chi connectivity index (χ1v) is 19.5. The van der Waals surface area contributed by atoms with Crippen molar-refractivity contribution in [1.82, 2.24) is 25.3 Å². The molecule has 0 spiro atoms. The number of hydrogen-bond donors (Lipinski definition) is 3. The van der Waals surface area contributed by atoms with Gasteiger partial charge in [-0.2, -0.15) is 0 Å². The van der Waals surface area contributed by atoms with Gasteiger partial charge in [0.05, 0.1) is 36.0 Å². The number of rotatable bonds is 13. The second kappa shape index (κ2) is 17.6. The standard InChI is InChI=1S/C40H53N7O4S/c1-5-45-17-19-46(20-18-45)26-47(21-22-51-4)35(48)23-29-11-13-31(14-12-29)43-38-37(27(2)36(28(3)39(38)49)32-25-41-15-16-42-32)44-40(50)34-24-30-9-7-6-8-10-33(30)52-34/h11-14,16,24-25,38,41,43H,5-10,15,17-23,26H2,1-4H3,(H,44,50). The van der Waals surface area contributed by atoms with Crippen LogP contribution in [0.25, 0.3) is 0 Å². The highest BCUT2D eigenvalue weighted by molar-refractivity contribution is 7.14. The number of Topliss-reactive ketones (excluding diaryl/α,β-unsaturated/α-hetero) is 1. The maximum atomic E-state index is 14.2. The Hall–Kier alpha value is -4.10. The first-order valence-electron chi connectivity index (χ1n) is 18.7. The lowest BCUT2D eigenvalue weighted by atomic mass is 9.84. The number of carbonyl (C=O) groups excluding carboxylic acids is 3. The summed E-state index contributed by atoms with van der Waals surface area (Å²) in [4.78, 5) is 54.7. The maximum absolute atomic E-state index is 14.2. The summed E-state index contributed by atoms with van der Waals surface area (Å²) >= 11 is 1.57. The Morgan fingerprint density at radius 1 is 1.04 bits per heavy atom. The van der Waals surface area contributed by atoms with Crippen molar-refractivity contribution in [2.45, 2.75) is 65.3 Å². The maximum Gasteiger partial charge on any atom is 0.265 e. The van der Waals surface area contributed by atoms with E-state index in [1.54, 1.807) is 24.7 Å². The zero-order valence-electron chi connectivity index (χ0n) is 31.1. The van der Waals surface area contributed by atoms with Gasteiger partial charge in [-0.25, -0.2) is 0 Å². The van der Waals surface area contributed by atoms with Crippen LogP contribution in [-0.4, -0.2) is 111 Å². The van der Waals surface area contributed by atoms with Gasteiger partial charge in [0.2, 0.25) is 5.91 Å². The molecule has 1 unspecified atom stereocenters. The predicted molar refractivity (Wildman–Crippen MR) is 208 cm³/mol. The van der Waals surface area contributed by atoms with Crippen molar-refractivity contribution in [1.29, 1.82) is 0 Å². The zero-order chi connectivity index (χ0) is 36.6.